The molecule has 3 N–H and O–H groups in total. The molecule has 0 aliphatic heterocycles. The van der Waals surface area contributed by atoms with Crippen LogP contribution in [0.1, 0.15) is 0 Å². The zero-order valence-electron chi connectivity index (χ0n) is 10.4. The summed E-state index contributed by atoms with van der Waals surface area (Å²) in [6.07, 6.45) is 2.54. The van der Waals surface area contributed by atoms with Crippen LogP contribution in [0.4, 0.5) is 25.8 Å². The van der Waals surface area contributed by atoms with Gasteiger partial charge in [-0.2, -0.15) is 5.10 Å². The van der Waals surface area contributed by atoms with Gasteiger partial charge >= 0.3 is 0 Å². The quantitative estimate of drug-likeness (QED) is 0.637. The Morgan fingerprint density at radius 2 is 2.05 bits per heavy atom. The highest BCUT2D eigenvalue weighted by Gasteiger charge is 2.17. The number of halogens is 2. The molecule has 0 unspecified atom stereocenters. The van der Waals surface area contributed by atoms with Gasteiger partial charge in [0.15, 0.2) is 11.6 Å². The summed E-state index contributed by atoms with van der Waals surface area (Å²) in [4.78, 5) is 20.3. The number of rotatable bonds is 5. The Hall–Kier alpha value is -3.04. The standard InChI is InChI=1S/C11H9F2N5O3/c12-8-1-7(18(20)21)2-9(13)11(8)16-6-3-15-17(4-6)5-10(14)19/h1-4,16H,5H2,(H2,14,19). The number of carbonyl (C=O) groups is 1. The maximum atomic E-state index is 13.7. The molecule has 8 nitrogen and oxygen atoms in total. The summed E-state index contributed by atoms with van der Waals surface area (Å²) >= 11 is 0. The minimum Gasteiger partial charge on any atom is -0.368 e. The van der Waals surface area contributed by atoms with Crippen molar-refractivity contribution in [3.05, 3.63) is 46.3 Å². The number of nitrogens with two attached hydrogens (primary N) is 1. The number of anilines is 2. The van der Waals surface area contributed by atoms with E-state index in [-0.39, 0.29) is 12.2 Å². The second kappa shape index (κ2) is 5.53. The molecule has 0 fully saturated rings. The molecule has 110 valence electrons. The van der Waals surface area contributed by atoms with Crippen LogP contribution in [0, 0.1) is 21.7 Å². The van der Waals surface area contributed by atoms with Gasteiger partial charge in [0.05, 0.1) is 28.9 Å². The van der Waals surface area contributed by atoms with E-state index in [1.165, 1.54) is 17.1 Å². The number of hydrogen-bond acceptors (Lipinski definition) is 5. The first-order valence-electron chi connectivity index (χ1n) is 5.58. The number of primary amides is 1. The number of amides is 1. The predicted octanol–water partition coefficient (Wildman–Crippen LogP) is 1.30. The molecule has 0 aliphatic carbocycles. The van der Waals surface area contributed by atoms with Crippen molar-refractivity contribution in [3.8, 4) is 0 Å². The lowest BCUT2D eigenvalue weighted by atomic mass is 10.2. The molecule has 1 aromatic carbocycles. The van der Waals surface area contributed by atoms with Crippen LogP contribution in [0.15, 0.2) is 24.5 Å². The van der Waals surface area contributed by atoms with Crippen LogP contribution in [0.3, 0.4) is 0 Å². The molecule has 0 spiro atoms. The number of nitrogens with zero attached hydrogens (tertiary/aromatic N) is 3. The number of benzene rings is 1. The second-order valence-corrected chi connectivity index (χ2v) is 4.06. The van der Waals surface area contributed by atoms with Gasteiger partial charge in [-0.25, -0.2) is 8.78 Å². The summed E-state index contributed by atoms with van der Waals surface area (Å²) in [5, 5.41) is 16.6. The van der Waals surface area contributed by atoms with Crippen molar-refractivity contribution in [3.63, 3.8) is 0 Å². The van der Waals surface area contributed by atoms with E-state index in [0.29, 0.717) is 12.1 Å². The van der Waals surface area contributed by atoms with Crippen LogP contribution in [0.5, 0.6) is 0 Å². The summed E-state index contributed by atoms with van der Waals surface area (Å²) in [6.45, 7) is -0.188. The lowest BCUT2D eigenvalue weighted by molar-refractivity contribution is -0.385. The molecule has 0 atom stereocenters. The van der Waals surface area contributed by atoms with Crippen molar-refractivity contribution in [1.82, 2.24) is 9.78 Å². The molecular weight excluding hydrogens is 288 g/mol. The Balaban J connectivity index is 2.25. The highest BCUT2D eigenvalue weighted by Crippen LogP contribution is 2.27. The monoisotopic (exact) mass is 297 g/mol. The summed E-state index contributed by atoms with van der Waals surface area (Å²) in [7, 11) is 0. The van der Waals surface area contributed by atoms with Crippen LogP contribution < -0.4 is 11.1 Å². The van der Waals surface area contributed by atoms with E-state index in [9.17, 15) is 23.7 Å². The van der Waals surface area contributed by atoms with Crippen molar-refractivity contribution in [1.29, 1.82) is 0 Å². The van der Waals surface area contributed by atoms with Crippen LogP contribution in [0.2, 0.25) is 0 Å². The minimum absolute atomic E-state index is 0.188. The Kier molecular flexibility index (Phi) is 3.78. The largest absolute Gasteiger partial charge is 0.368 e. The predicted molar refractivity (Wildman–Crippen MR) is 67.7 cm³/mol. The lowest BCUT2D eigenvalue weighted by Gasteiger charge is -2.06. The van der Waals surface area contributed by atoms with Gasteiger partial charge in [-0.15, -0.1) is 0 Å². The van der Waals surface area contributed by atoms with Crippen molar-refractivity contribution in [2.24, 2.45) is 5.73 Å². The molecule has 0 bridgehead atoms. The Bertz CT molecular complexity index is 693. The maximum absolute atomic E-state index is 13.7. The fraction of sp³-hybridized carbons (Fsp3) is 0.0909. The molecular formula is C11H9F2N5O3. The van der Waals surface area contributed by atoms with Gasteiger partial charge in [-0.3, -0.25) is 19.6 Å². The average Bonchev–Trinajstić information content (AvgIpc) is 2.80. The van der Waals surface area contributed by atoms with E-state index in [0.717, 1.165) is 0 Å². The van der Waals surface area contributed by atoms with Crippen LogP contribution in [-0.2, 0) is 11.3 Å². The second-order valence-electron chi connectivity index (χ2n) is 4.06. The van der Waals surface area contributed by atoms with E-state index in [1.54, 1.807) is 0 Å². The van der Waals surface area contributed by atoms with Crippen LogP contribution in [0.25, 0.3) is 0 Å². The fourth-order valence-corrected chi connectivity index (χ4v) is 1.60. The third kappa shape index (κ3) is 3.29. The van der Waals surface area contributed by atoms with Crippen LogP contribution in [-0.4, -0.2) is 20.6 Å². The zero-order valence-corrected chi connectivity index (χ0v) is 10.4. The highest BCUT2D eigenvalue weighted by molar-refractivity contribution is 5.73. The van der Waals surface area contributed by atoms with Crippen molar-refractivity contribution in [2.75, 3.05) is 5.32 Å². The zero-order chi connectivity index (χ0) is 15.6. The van der Waals surface area contributed by atoms with Gasteiger partial charge in [0.2, 0.25) is 5.91 Å². The molecule has 1 heterocycles. The third-order valence-corrected chi connectivity index (χ3v) is 2.46. The van der Waals surface area contributed by atoms with E-state index in [1.807, 2.05) is 0 Å². The molecule has 1 amide bonds. The normalized spacial score (nSPS) is 10.4. The summed E-state index contributed by atoms with van der Waals surface area (Å²) < 4.78 is 28.5. The lowest BCUT2D eigenvalue weighted by Crippen LogP contribution is -2.18. The Morgan fingerprint density at radius 1 is 1.43 bits per heavy atom. The smallest absolute Gasteiger partial charge is 0.275 e. The third-order valence-electron chi connectivity index (χ3n) is 2.46. The molecule has 21 heavy (non-hydrogen) atoms. The number of aromatic nitrogens is 2. The molecule has 0 aliphatic rings. The first-order chi connectivity index (χ1) is 9.86. The first kappa shape index (κ1) is 14.4. The Labute approximate surface area is 116 Å². The number of carbonyl (C=O) groups excluding carboxylic acids is 1. The molecule has 2 aromatic rings. The number of nitro benzene ring substituents is 1. The maximum Gasteiger partial charge on any atom is 0.275 e. The van der Waals surface area contributed by atoms with Gasteiger partial charge in [0.25, 0.3) is 5.69 Å². The molecule has 0 radical (unpaired) electrons. The minimum atomic E-state index is -1.12. The number of hydrogen-bond donors (Lipinski definition) is 2. The van der Waals surface area contributed by atoms with Gasteiger partial charge < -0.3 is 11.1 Å². The van der Waals surface area contributed by atoms with Gasteiger partial charge in [-0.1, -0.05) is 0 Å². The summed E-state index contributed by atoms with van der Waals surface area (Å²) in [6, 6.07) is 1.19. The number of nitro groups is 1. The van der Waals surface area contributed by atoms with Crippen molar-refractivity contribution >= 4 is 23.0 Å². The average molecular weight is 297 g/mol. The van der Waals surface area contributed by atoms with Crippen molar-refractivity contribution in [2.45, 2.75) is 6.54 Å². The molecule has 2 rings (SSSR count). The van der Waals surface area contributed by atoms with Gasteiger partial charge in [0.1, 0.15) is 12.2 Å². The van der Waals surface area contributed by atoms with E-state index < -0.39 is 33.8 Å². The van der Waals surface area contributed by atoms with Crippen molar-refractivity contribution < 1.29 is 18.5 Å². The summed E-state index contributed by atoms with van der Waals surface area (Å²) in [5.41, 5.74) is 3.92. The summed E-state index contributed by atoms with van der Waals surface area (Å²) in [5.74, 6) is -2.87. The van der Waals surface area contributed by atoms with Gasteiger partial charge in [0, 0.05) is 6.20 Å². The van der Waals surface area contributed by atoms with Crippen LogP contribution >= 0.6 is 0 Å². The topological polar surface area (TPSA) is 116 Å². The highest BCUT2D eigenvalue weighted by atomic mass is 19.1. The molecule has 1 aromatic heterocycles. The first-order valence-corrected chi connectivity index (χ1v) is 5.58. The SMILES string of the molecule is NC(=O)Cn1cc(Nc2c(F)cc([N+](=O)[O-])cc2F)cn1. The Morgan fingerprint density at radius 3 is 2.57 bits per heavy atom. The fourth-order valence-electron chi connectivity index (χ4n) is 1.60. The molecule has 0 saturated carbocycles. The number of nitrogens with one attached hydrogen (secondary N) is 1. The van der Waals surface area contributed by atoms with E-state index >= 15 is 0 Å². The van der Waals surface area contributed by atoms with E-state index in [2.05, 4.69) is 10.4 Å². The van der Waals surface area contributed by atoms with E-state index in [4.69, 9.17) is 5.73 Å². The molecule has 10 heteroatoms. The number of non-ortho nitro benzene ring substituents is 1. The molecule has 0 saturated heterocycles. The van der Waals surface area contributed by atoms with Gasteiger partial charge in [-0.05, 0) is 0 Å².